The molecule has 0 radical (unpaired) electrons. The second kappa shape index (κ2) is 8.06. The fourth-order valence-electron chi connectivity index (χ4n) is 3.77. The average Bonchev–Trinajstić information content (AvgIpc) is 3.13. The van der Waals surface area contributed by atoms with E-state index in [9.17, 15) is 13.2 Å². The van der Waals surface area contributed by atoms with Gasteiger partial charge in [0.2, 0.25) is 15.9 Å². The summed E-state index contributed by atoms with van der Waals surface area (Å²) >= 11 is 0. The molecule has 1 fully saturated rings. The van der Waals surface area contributed by atoms with Crippen molar-refractivity contribution < 1.29 is 13.2 Å². The Hall–Kier alpha value is -1.44. The highest BCUT2D eigenvalue weighted by atomic mass is 32.2. The lowest BCUT2D eigenvalue weighted by atomic mass is 10.1. The van der Waals surface area contributed by atoms with Crippen LogP contribution in [-0.2, 0) is 27.7 Å². The van der Waals surface area contributed by atoms with Crippen LogP contribution < -0.4 is 0 Å². The minimum atomic E-state index is -3.48. The minimum absolute atomic E-state index is 0.0864. The van der Waals surface area contributed by atoms with Gasteiger partial charge in [0.15, 0.2) is 0 Å². The number of rotatable bonds is 6. The molecular weight excluding hydrogens is 350 g/mol. The highest BCUT2D eigenvalue weighted by molar-refractivity contribution is 7.89. The van der Waals surface area contributed by atoms with E-state index in [-0.39, 0.29) is 5.91 Å². The molecule has 2 aliphatic rings. The number of carbonyl (C=O) groups is 1. The van der Waals surface area contributed by atoms with E-state index >= 15 is 0 Å². The summed E-state index contributed by atoms with van der Waals surface area (Å²) in [5.74, 6) is 0.0864. The zero-order valence-electron chi connectivity index (χ0n) is 15.8. The lowest BCUT2D eigenvalue weighted by Crippen LogP contribution is -2.52. The number of hydrogen-bond acceptors (Lipinski definition) is 4. The molecule has 0 saturated carbocycles. The normalized spacial score (nSPS) is 18.3. The van der Waals surface area contributed by atoms with Gasteiger partial charge in [0.05, 0.1) is 11.4 Å². The van der Waals surface area contributed by atoms with Crippen molar-refractivity contribution in [2.45, 2.75) is 38.0 Å². The topological polar surface area (TPSA) is 60.9 Å². The van der Waals surface area contributed by atoms with Crippen molar-refractivity contribution in [3.8, 4) is 0 Å². The van der Waals surface area contributed by atoms with Crippen LogP contribution in [0.5, 0.6) is 0 Å². The molecule has 0 atom stereocenters. The molecule has 1 aromatic rings. The summed E-state index contributed by atoms with van der Waals surface area (Å²) in [5, 5.41) is 0. The Kier molecular flexibility index (Phi) is 5.99. The van der Waals surface area contributed by atoms with Crippen LogP contribution in [0, 0.1) is 0 Å². The third-order valence-corrected chi connectivity index (χ3v) is 7.45. The Bertz CT molecular complexity index is 751. The lowest BCUT2D eigenvalue weighted by Gasteiger charge is -2.35. The van der Waals surface area contributed by atoms with Gasteiger partial charge in [-0.1, -0.05) is 19.9 Å². The molecule has 6 nitrogen and oxygen atoms in total. The van der Waals surface area contributed by atoms with Gasteiger partial charge in [0, 0.05) is 26.2 Å². The summed E-state index contributed by atoms with van der Waals surface area (Å²) in [6.07, 6.45) is 3.11. The molecule has 0 spiro atoms. The van der Waals surface area contributed by atoms with E-state index in [0.29, 0.717) is 37.6 Å². The molecule has 1 heterocycles. The molecular formula is C19H29N3O3S. The number of nitrogens with zero attached hydrogens (tertiary/aromatic N) is 3. The zero-order valence-corrected chi connectivity index (χ0v) is 16.6. The summed E-state index contributed by atoms with van der Waals surface area (Å²) in [7, 11) is -3.48. The second-order valence-electron chi connectivity index (χ2n) is 7.03. The van der Waals surface area contributed by atoms with Gasteiger partial charge in [-0.15, -0.1) is 0 Å². The van der Waals surface area contributed by atoms with E-state index in [1.807, 2.05) is 26.0 Å². The van der Waals surface area contributed by atoms with Gasteiger partial charge in [-0.05, 0) is 55.6 Å². The van der Waals surface area contributed by atoms with Gasteiger partial charge in [-0.2, -0.15) is 4.31 Å². The van der Waals surface area contributed by atoms with Crippen molar-refractivity contribution in [3.63, 3.8) is 0 Å². The maximum absolute atomic E-state index is 12.9. The summed E-state index contributed by atoms with van der Waals surface area (Å²) in [4.78, 5) is 16.7. The predicted molar refractivity (Wildman–Crippen MR) is 102 cm³/mol. The van der Waals surface area contributed by atoms with Crippen LogP contribution in [-0.4, -0.2) is 74.2 Å². The van der Waals surface area contributed by atoms with Crippen molar-refractivity contribution in [3.05, 3.63) is 29.3 Å². The van der Waals surface area contributed by atoms with Gasteiger partial charge in [-0.25, -0.2) is 8.42 Å². The first-order valence-electron chi connectivity index (χ1n) is 9.57. The quantitative estimate of drug-likeness (QED) is 0.749. The Morgan fingerprint density at radius 3 is 2.35 bits per heavy atom. The highest BCUT2D eigenvalue weighted by Crippen LogP contribution is 2.26. The van der Waals surface area contributed by atoms with E-state index < -0.39 is 10.0 Å². The van der Waals surface area contributed by atoms with Gasteiger partial charge in [0.1, 0.15) is 0 Å². The molecule has 1 aromatic carbocycles. The number of fused-ring (bicyclic) bond motifs is 1. The number of amides is 1. The number of carbonyl (C=O) groups excluding carboxylic acids is 1. The van der Waals surface area contributed by atoms with Crippen LogP contribution in [0.1, 0.15) is 31.4 Å². The lowest BCUT2D eigenvalue weighted by molar-refractivity contribution is -0.133. The number of sulfonamides is 1. The third kappa shape index (κ3) is 3.94. The first kappa shape index (κ1) is 19.3. The molecule has 1 saturated heterocycles. The molecule has 0 N–H and O–H groups in total. The maximum atomic E-state index is 12.9. The van der Waals surface area contributed by atoms with E-state index in [4.69, 9.17) is 0 Å². The molecule has 1 aliphatic heterocycles. The molecule has 144 valence electrons. The summed E-state index contributed by atoms with van der Waals surface area (Å²) in [6, 6.07) is 5.53. The molecule has 0 bridgehead atoms. The molecule has 3 rings (SSSR count). The number of hydrogen-bond donors (Lipinski definition) is 0. The molecule has 0 unspecified atom stereocenters. The second-order valence-corrected chi connectivity index (χ2v) is 8.97. The zero-order chi connectivity index (χ0) is 18.7. The fraction of sp³-hybridized carbons (Fsp3) is 0.632. The average molecular weight is 380 g/mol. The van der Waals surface area contributed by atoms with E-state index in [1.54, 1.807) is 11.0 Å². The maximum Gasteiger partial charge on any atom is 0.243 e. The van der Waals surface area contributed by atoms with E-state index in [2.05, 4.69) is 4.90 Å². The van der Waals surface area contributed by atoms with Gasteiger partial charge in [0.25, 0.3) is 0 Å². The van der Waals surface area contributed by atoms with Crippen LogP contribution in [0.3, 0.4) is 0 Å². The SMILES string of the molecule is CCN(CC)CC(=O)N1CCN(S(=O)(=O)c2ccc3c(c2)CCC3)CC1. The Labute approximate surface area is 156 Å². The molecule has 7 heteroatoms. The Morgan fingerprint density at radius 2 is 1.69 bits per heavy atom. The van der Waals surface area contributed by atoms with E-state index in [0.717, 1.165) is 32.4 Å². The fourth-order valence-corrected chi connectivity index (χ4v) is 5.25. The standard InChI is InChI=1S/C19H29N3O3S/c1-3-20(4-2)15-19(23)21-10-12-22(13-11-21)26(24,25)18-9-8-16-6-5-7-17(16)14-18/h8-9,14H,3-7,10-13,15H2,1-2H3. The van der Waals surface area contributed by atoms with Crippen molar-refractivity contribution in [1.29, 1.82) is 0 Å². The smallest absolute Gasteiger partial charge is 0.243 e. The van der Waals surface area contributed by atoms with Crippen molar-refractivity contribution in [2.24, 2.45) is 0 Å². The third-order valence-electron chi connectivity index (χ3n) is 5.55. The number of piperazine rings is 1. The molecule has 1 aliphatic carbocycles. The Morgan fingerprint density at radius 1 is 1.04 bits per heavy atom. The molecule has 1 amide bonds. The molecule has 0 aromatic heterocycles. The number of benzene rings is 1. The first-order valence-corrected chi connectivity index (χ1v) is 11.0. The van der Waals surface area contributed by atoms with Crippen LogP contribution in [0.25, 0.3) is 0 Å². The van der Waals surface area contributed by atoms with Gasteiger partial charge >= 0.3 is 0 Å². The first-order chi connectivity index (χ1) is 12.5. The van der Waals surface area contributed by atoms with Gasteiger partial charge in [-0.3, -0.25) is 9.69 Å². The Balaban J connectivity index is 1.63. The summed E-state index contributed by atoms with van der Waals surface area (Å²) in [6.45, 7) is 7.82. The van der Waals surface area contributed by atoms with Crippen molar-refractivity contribution in [1.82, 2.24) is 14.1 Å². The molecule has 26 heavy (non-hydrogen) atoms. The van der Waals surface area contributed by atoms with Crippen LogP contribution >= 0.6 is 0 Å². The monoisotopic (exact) mass is 379 g/mol. The van der Waals surface area contributed by atoms with E-state index in [1.165, 1.54) is 15.4 Å². The van der Waals surface area contributed by atoms with Gasteiger partial charge < -0.3 is 4.90 Å². The van der Waals surface area contributed by atoms with Crippen LogP contribution in [0.4, 0.5) is 0 Å². The van der Waals surface area contributed by atoms with Crippen molar-refractivity contribution in [2.75, 3.05) is 45.8 Å². The highest BCUT2D eigenvalue weighted by Gasteiger charge is 2.31. The van der Waals surface area contributed by atoms with Crippen molar-refractivity contribution >= 4 is 15.9 Å². The minimum Gasteiger partial charge on any atom is -0.339 e. The van der Waals surface area contributed by atoms with Crippen LogP contribution in [0.2, 0.25) is 0 Å². The van der Waals surface area contributed by atoms with Crippen LogP contribution in [0.15, 0.2) is 23.1 Å². The predicted octanol–water partition coefficient (Wildman–Crippen LogP) is 1.35. The number of likely N-dealkylation sites (N-methyl/N-ethyl adjacent to an activating group) is 1. The largest absolute Gasteiger partial charge is 0.339 e. The summed E-state index contributed by atoms with van der Waals surface area (Å²) < 4.78 is 27.4. The number of aryl methyl sites for hydroxylation is 2. The summed E-state index contributed by atoms with van der Waals surface area (Å²) in [5.41, 5.74) is 2.44.